The van der Waals surface area contributed by atoms with Crippen LogP contribution >= 0.6 is 0 Å². The van der Waals surface area contributed by atoms with E-state index in [1.165, 1.54) is 18.4 Å². The number of hydrogen-bond donors (Lipinski definition) is 0. The Bertz CT molecular complexity index is 736. The Balaban J connectivity index is 1.95. The van der Waals surface area contributed by atoms with Gasteiger partial charge in [-0.05, 0) is 61.7 Å². The molecule has 148 valence electrons. The van der Waals surface area contributed by atoms with E-state index >= 15 is 0 Å². The molecule has 0 spiro atoms. The predicted molar refractivity (Wildman–Crippen MR) is 125 cm³/mol. The molecule has 2 aliphatic carbocycles. The third-order valence-electron chi connectivity index (χ3n) is 5.37. The van der Waals surface area contributed by atoms with Gasteiger partial charge < -0.3 is 4.90 Å². The summed E-state index contributed by atoms with van der Waals surface area (Å²) in [6, 6.07) is 0. The van der Waals surface area contributed by atoms with Crippen molar-refractivity contribution in [3.8, 4) is 0 Å². The van der Waals surface area contributed by atoms with E-state index in [0.717, 1.165) is 43.5 Å². The molecule has 2 aliphatic rings. The highest BCUT2D eigenvalue weighted by Crippen LogP contribution is 2.26. The van der Waals surface area contributed by atoms with Crippen LogP contribution in [0.15, 0.2) is 109 Å². The van der Waals surface area contributed by atoms with E-state index in [1.807, 2.05) is 12.2 Å². The molecule has 0 saturated heterocycles. The first-order valence-corrected chi connectivity index (χ1v) is 10.4. The molecule has 0 aromatic heterocycles. The number of rotatable bonds is 11. The minimum absolute atomic E-state index is 0.605. The number of hydrogen-bond acceptors (Lipinski definition) is 1. The van der Waals surface area contributed by atoms with Crippen molar-refractivity contribution < 1.29 is 0 Å². The molecule has 0 heterocycles. The minimum atomic E-state index is 0.605. The third-order valence-corrected chi connectivity index (χ3v) is 5.37. The Hall–Kier alpha value is -2.54. The van der Waals surface area contributed by atoms with E-state index in [9.17, 15) is 0 Å². The molecule has 1 heteroatoms. The molecule has 1 unspecified atom stereocenters. The second-order valence-electron chi connectivity index (χ2n) is 7.46. The van der Waals surface area contributed by atoms with E-state index in [4.69, 9.17) is 0 Å². The van der Waals surface area contributed by atoms with Gasteiger partial charge in [0.1, 0.15) is 0 Å². The third kappa shape index (κ3) is 6.88. The van der Waals surface area contributed by atoms with E-state index in [1.54, 1.807) is 5.57 Å². The van der Waals surface area contributed by atoms with Gasteiger partial charge in [-0.2, -0.15) is 0 Å². The van der Waals surface area contributed by atoms with Crippen molar-refractivity contribution in [2.75, 3.05) is 6.54 Å². The molecule has 0 fully saturated rings. The summed E-state index contributed by atoms with van der Waals surface area (Å²) < 4.78 is 0. The quantitative estimate of drug-likeness (QED) is 0.266. The zero-order valence-corrected chi connectivity index (χ0v) is 17.4. The summed E-state index contributed by atoms with van der Waals surface area (Å²) in [6.45, 7) is 15.3. The fourth-order valence-electron chi connectivity index (χ4n) is 3.54. The first kappa shape index (κ1) is 21.8. The maximum Gasteiger partial charge on any atom is 0.0400 e. The molecule has 0 aromatic carbocycles. The van der Waals surface area contributed by atoms with Crippen molar-refractivity contribution in [3.05, 3.63) is 109 Å². The van der Waals surface area contributed by atoms with Crippen molar-refractivity contribution in [1.82, 2.24) is 4.90 Å². The Morgan fingerprint density at radius 2 is 2.07 bits per heavy atom. The Morgan fingerprint density at radius 3 is 2.71 bits per heavy atom. The van der Waals surface area contributed by atoms with E-state index in [-0.39, 0.29) is 0 Å². The first-order valence-electron chi connectivity index (χ1n) is 10.4. The molecule has 2 rings (SSSR count). The van der Waals surface area contributed by atoms with Gasteiger partial charge in [-0.3, -0.25) is 0 Å². The average Bonchev–Trinajstić information content (AvgIpc) is 2.75. The maximum absolute atomic E-state index is 4.33. The van der Waals surface area contributed by atoms with Gasteiger partial charge in [-0.25, -0.2) is 0 Å². The lowest BCUT2D eigenvalue weighted by atomic mass is 9.89. The average molecular weight is 374 g/mol. The second kappa shape index (κ2) is 12.0. The summed E-state index contributed by atoms with van der Waals surface area (Å²) >= 11 is 0. The van der Waals surface area contributed by atoms with Crippen LogP contribution in [0.4, 0.5) is 0 Å². The second-order valence-corrected chi connectivity index (χ2v) is 7.46. The van der Waals surface area contributed by atoms with Gasteiger partial charge in [0.15, 0.2) is 0 Å². The minimum Gasteiger partial charge on any atom is -0.348 e. The van der Waals surface area contributed by atoms with Gasteiger partial charge in [-0.15, -0.1) is 6.58 Å². The molecule has 0 bridgehead atoms. The number of allylic oxidation sites excluding steroid dienone is 13. The van der Waals surface area contributed by atoms with Crippen LogP contribution in [0.5, 0.6) is 0 Å². The molecule has 0 aromatic rings. The summed E-state index contributed by atoms with van der Waals surface area (Å²) in [7, 11) is 0. The Kier molecular flexibility index (Phi) is 9.34. The highest BCUT2D eigenvalue weighted by Gasteiger charge is 2.11. The fraction of sp³-hybridized carbons (Fsp3) is 0.333. The summed E-state index contributed by atoms with van der Waals surface area (Å²) in [6.07, 6.45) is 30.3. The van der Waals surface area contributed by atoms with E-state index < -0.39 is 0 Å². The van der Waals surface area contributed by atoms with Gasteiger partial charge in [0, 0.05) is 18.4 Å². The van der Waals surface area contributed by atoms with Gasteiger partial charge in [0.2, 0.25) is 0 Å². The highest BCUT2D eigenvalue weighted by atomic mass is 15.1. The van der Waals surface area contributed by atoms with Crippen molar-refractivity contribution in [1.29, 1.82) is 0 Å². The highest BCUT2D eigenvalue weighted by molar-refractivity contribution is 5.48. The molecular formula is C27H35N. The Labute approximate surface area is 172 Å². The maximum atomic E-state index is 4.33. The fourth-order valence-corrected chi connectivity index (χ4v) is 3.54. The summed E-state index contributed by atoms with van der Waals surface area (Å²) in [4.78, 5) is 2.19. The van der Waals surface area contributed by atoms with Crippen LogP contribution in [0.2, 0.25) is 0 Å². The topological polar surface area (TPSA) is 3.24 Å². The summed E-state index contributed by atoms with van der Waals surface area (Å²) in [5.74, 6) is 0.605. The lowest BCUT2D eigenvalue weighted by Crippen LogP contribution is -2.16. The Morgan fingerprint density at radius 1 is 1.21 bits per heavy atom. The normalized spacial score (nSPS) is 17.8. The van der Waals surface area contributed by atoms with Gasteiger partial charge in [-0.1, -0.05) is 80.3 Å². The summed E-state index contributed by atoms with van der Waals surface area (Å²) in [5.41, 5.74) is 5.11. The van der Waals surface area contributed by atoms with Crippen molar-refractivity contribution in [2.45, 2.75) is 45.4 Å². The van der Waals surface area contributed by atoms with Crippen molar-refractivity contribution in [3.63, 3.8) is 0 Å². The lowest BCUT2D eigenvalue weighted by molar-refractivity contribution is 0.466. The lowest BCUT2D eigenvalue weighted by Gasteiger charge is -2.23. The zero-order valence-electron chi connectivity index (χ0n) is 17.4. The first-order chi connectivity index (χ1) is 13.7. The molecule has 1 atom stereocenters. The molecule has 0 saturated carbocycles. The molecule has 0 N–H and O–H groups in total. The molecule has 0 radical (unpaired) electrons. The molecular weight excluding hydrogens is 338 g/mol. The molecule has 28 heavy (non-hydrogen) atoms. The van der Waals surface area contributed by atoms with Crippen LogP contribution < -0.4 is 0 Å². The van der Waals surface area contributed by atoms with Crippen LogP contribution in [-0.4, -0.2) is 11.4 Å². The monoisotopic (exact) mass is 373 g/mol. The van der Waals surface area contributed by atoms with Crippen LogP contribution in [0, 0.1) is 5.92 Å². The standard InChI is InChI=1S/C27H35N/c1-5-21-28(22-13-18-25(6-2)27-16-11-8-12-17-27)24(4)20-19-23(3)26-14-9-7-10-15-26/h5-7,9,11,13-14,16-18,22-23H,1-2,4,8,10,12,15,19-21H2,3H3/b22-13+,25-18+. The van der Waals surface area contributed by atoms with Crippen molar-refractivity contribution >= 4 is 0 Å². The van der Waals surface area contributed by atoms with Gasteiger partial charge >= 0.3 is 0 Å². The molecule has 1 nitrogen and oxygen atoms in total. The molecule has 0 amide bonds. The van der Waals surface area contributed by atoms with Crippen molar-refractivity contribution in [2.24, 2.45) is 5.92 Å². The van der Waals surface area contributed by atoms with E-state index in [0.29, 0.717) is 5.92 Å². The van der Waals surface area contributed by atoms with Crippen LogP contribution in [0.1, 0.15) is 45.4 Å². The largest absolute Gasteiger partial charge is 0.348 e. The number of nitrogens with zero attached hydrogens (tertiary/aromatic N) is 1. The van der Waals surface area contributed by atoms with Gasteiger partial charge in [0.25, 0.3) is 0 Å². The van der Waals surface area contributed by atoms with Gasteiger partial charge in [0.05, 0.1) is 0 Å². The van der Waals surface area contributed by atoms with Crippen LogP contribution in [-0.2, 0) is 0 Å². The zero-order chi connectivity index (χ0) is 20.2. The smallest absolute Gasteiger partial charge is 0.0400 e. The SMILES string of the molecule is C=CCN(/C=C/C=C(\C=C)C1=CCCC=C1)C(=C)CCC(C)C1=CC=CCC1. The molecule has 0 aliphatic heterocycles. The van der Waals surface area contributed by atoms with Crippen LogP contribution in [0.25, 0.3) is 0 Å². The predicted octanol–water partition coefficient (Wildman–Crippen LogP) is 7.58. The van der Waals surface area contributed by atoms with E-state index in [2.05, 4.69) is 86.4 Å². The summed E-state index contributed by atoms with van der Waals surface area (Å²) in [5, 5.41) is 0. The van der Waals surface area contributed by atoms with Crippen LogP contribution in [0.3, 0.4) is 0 Å².